The van der Waals surface area contributed by atoms with Gasteiger partial charge in [-0.3, -0.25) is 9.36 Å². The summed E-state index contributed by atoms with van der Waals surface area (Å²) in [5, 5.41) is 23.4. The van der Waals surface area contributed by atoms with Crippen LogP contribution in [-0.4, -0.2) is 26.4 Å². The molecule has 3 rings (SSSR count). The molecule has 0 atom stereocenters. The van der Waals surface area contributed by atoms with E-state index in [0.717, 1.165) is 11.4 Å². The number of thioether (sulfide) groups is 1. The highest BCUT2D eigenvalue weighted by Crippen LogP contribution is 2.27. The van der Waals surface area contributed by atoms with Crippen molar-refractivity contribution in [3.8, 4) is 17.5 Å². The molecule has 148 valence electrons. The van der Waals surface area contributed by atoms with Crippen molar-refractivity contribution in [1.82, 2.24) is 14.8 Å². The van der Waals surface area contributed by atoms with Crippen LogP contribution >= 0.6 is 23.1 Å². The molecule has 2 heterocycles. The van der Waals surface area contributed by atoms with Gasteiger partial charge in [0.2, 0.25) is 5.91 Å². The van der Waals surface area contributed by atoms with Crippen LogP contribution in [0.25, 0.3) is 11.4 Å². The predicted molar refractivity (Wildman–Crippen MR) is 118 cm³/mol. The zero-order valence-electron chi connectivity index (χ0n) is 16.3. The van der Waals surface area contributed by atoms with Crippen LogP contribution in [0.4, 0.5) is 5.00 Å². The minimum absolute atomic E-state index is 0.171. The zero-order chi connectivity index (χ0) is 20.8. The van der Waals surface area contributed by atoms with Crippen molar-refractivity contribution in [2.45, 2.75) is 31.5 Å². The van der Waals surface area contributed by atoms with Gasteiger partial charge in [0.25, 0.3) is 0 Å². The van der Waals surface area contributed by atoms with E-state index in [2.05, 4.69) is 54.1 Å². The van der Waals surface area contributed by atoms with E-state index in [0.29, 0.717) is 28.2 Å². The number of nitrogens with one attached hydrogen (secondary N) is 1. The molecule has 0 spiro atoms. The Kier molecular flexibility index (Phi) is 6.86. The molecule has 8 heteroatoms. The number of hydrogen-bond acceptors (Lipinski definition) is 6. The topological polar surface area (TPSA) is 83.6 Å². The molecule has 6 nitrogen and oxygen atoms in total. The fourth-order valence-corrected chi connectivity index (χ4v) is 4.21. The second-order valence-corrected chi connectivity index (χ2v) is 8.45. The van der Waals surface area contributed by atoms with Gasteiger partial charge in [0.1, 0.15) is 11.1 Å². The SMILES string of the molecule is C=CCn1c(SCC(=O)Nc2sccc2C#N)nnc1-c1ccc(C(C)C)cc1. The van der Waals surface area contributed by atoms with Gasteiger partial charge in [-0.15, -0.1) is 28.1 Å². The number of hydrogen-bond donors (Lipinski definition) is 1. The third-order valence-corrected chi connectivity index (χ3v) is 6.03. The van der Waals surface area contributed by atoms with Crippen molar-refractivity contribution in [3.63, 3.8) is 0 Å². The minimum Gasteiger partial charge on any atom is -0.316 e. The smallest absolute Gasteiger partial charge is 0.235 e. The van der Waals surface area contributed by atoms with Gasteiger partial charge in [0, 0.05) is 12.1 Å². The molecule has 2 aromatic heterocycles. The average molecular weight is 424 g/mol. The van der Waals surface area contributed by atoms with Gasteiger partial charge in [-0.05, 0) is 22.9 Å². The van der Waals surface area contributed by atoms with Crippen LogP contribution in [0, 0.1) is 11.3 Å². The van der Waals surface area contributed by atoms with Crippen molar-refractivity contribution in [2.24, 2.45) is 0 Å². The van der Waals surface area contributed by atoms with E-state index < -0.39 is 0 Å². The summed E-state index contributed by atoms with van der Waals surface area (Å²) < 4.78 is 1.95. The molecule has 29 heavy (non-hydrogen) atoms. The second-order valence-electron chi connectivity index (χ2n) is 6.59. The summed E-state index contributed by atoms with van der Waals surface area (Å²) in [6, 6.07) is 12.0. The van der Waals surface area contributed by atoms with Crippen molar-refractivity contribution in [2.75, 3.05) is 11.1 Å². The lowest BCUT2D eigenvalue weighted by Crippen LogP contribution is -2.14. The lowest BCUT2D eigenvalue weighted by molar-refractivity contribution is -0.113. The van der Waals surface area contributed by atoms with Gasteiger partial charge in [0.05, 0.1) is 11.3 Å². The summed E-state index contributed by atoms with van der Waals surface area (Å²) in [5.41, 5.74) is 2.70. The first-order valence-corrected chi connectivity index (χ1v) is 10.9. The number of carbonyl (C=O) groups is 1. The number of amides is 1. The fraction of sp³-hybridized carbons (Fsp3) is 0.238. The van der Waals surface area contributed by atoms with Gasteiger partial charge >= 0.3 is 0 Å². The van der Waals surface area contributed by atoms with E-state index in [1.54, 1.807) is 17.5 Å². The Hall–Kier alpha value is -2.89. The molecule has 0 bridgehead atoms. The van der Waals surface area contributed by atoms with Gasteiger partial charge in [-0.2, -0.15) is 5.26 Å². The lowest BCUT2D eigenvalue weighted by Gasteiger charge is -2.09. The standard InChI is InChI=1S/C21H21N5OS2/c1-4-10-26-19(16-7-5-15(6-8-16)14(2)3)24-25-21(26)29-13-18(27)23-20-17(12-22)9-11-28-20/h4-9,11,14H,1,10,13H2,2-3H3,(H,23,27). The Balaban J connectivity index is 1.73. The monoisotopic (exact) mass is 423 g/mol. The highest BCUT2D eigenvalue weighted by atomic mass is 32.2. The third-order valence-electron chi connectivity index (χ3n) is 4.24. The maximum absolute atomic E-state index is 12.3. The number of benzene rings is 1. The van der Waals surface area contributed by atoms with Crippen molar-refractivity contribution >= 4 is 34.0 Å². The Morgan fingerprint density at radius 2 is 2.10 bits per heavy atom. The molecule has 1 N–H and O–H groups in total. The molecule has 3 aromatic rings. The Morgan fingerprint density at radius 3 is 2.76 bits per heavy atom. The highest BCUT2D eigenvalue weighted by Gasteiger charge is 2.16. The largest absolute Gasteiger partial charge is 0.316 e. The van der Waals surface area contributed by atoms with Gasteiger partial charge < -0.3 is 5.32 Å². The summed E-state index contributed by atoms with van der Waals surface area (Å²) >= 11 is 2.63. The molecule has 0 radical (unpaired) electrons. The normalized spacial score (nSPS) is 10.7. The molecule has 1 amide bonds. The number of allylic oxidation sites excluding steroid dienone is 1. The maximum Gasteiger partial charge on any atom is 0.235 e. The molecule has 0 unspecified atom stereocenters. The van der Waals surface area contributed by atoms with E-state index in [1.165, 1.54) is 28.7 Å². The van der Waals surface area contributed by atoms with Crippen LogP contribution < -0.4 is 5.32 Å². The first-order valence-electron chi connectivity index (χ1n) is 9.08. The molecular formula is C21H21N5OS2. The number of anilines is 1. The first-order chi connectivity index (χ1) is 14.0. The van der Waals surface area contributed by atoms with Crippen LogP contribution in [0.15, 0.2) is 53.5 Å². The van der Waals surface area contributed by atoms with Gasteiger partial charge in [-0.25, -0.2) is 0 Å². The van der Waals surface area contributed by atoms with Crippen molar-refractivity contribution in [1.29, 1.82) is 5.26 Å². The number of nitriles is 1. The fourth-order valence-electron chi connectivity index (χ4n) is 2.71. The van der Waals surface area contributed by atoms with Crippen LogP contribution in [0.5, 0.6) is 0 Å². The van der Waals surface area contributed by atoms with Gasteiger partial charge in [0.15, 0.2) is 11.0 Å². The molecule has 0 aliphatic heterocycles. The van der Waals surface area contributed by atoms with Crippen LogP contribution in [0.2, 0.25) is 0 Å². The molecule has 0 saturated heterocycles. The molecule has 0 aliphatic carbocycles. The molecule has 0 aliphatic rings. The van der Waals surface area contributed by atoms with E-state index >= 15 is 0 Å². The first kappa shape index (κ1) is 20.8. The minimum atomic E-state index is -0.190. The lowest BCUT2D eigenvalue weighted by atomic mass is 10.0. The Morgan fingerprint density at radius 1 is 1.34 bits per heavy atom. The van der Waals surface area contributed by atoms with Crippen molar-refractivity contribution < 1.29 is 4.79 Å². The summed E-state index contributed by atoms with van der Waals surface area (Å²) in [6.45, 7) is 8.68. The number of aromatic nitrogens is 3. The molecule has 0 saturated carbocycles. The zero-order valence-corrected chi connectivity index (χ0v) is 17.9. The highest BCUT2D eigenvalue weighted by molar-refractivity contribution is 7.99. The Bertz CT molecular complexity index is 1040. The van der Waals surface area contributed by atoms with Gasteiger partial charge in [-0.1, -0.05) is 56.0 Å². The summed E-state index contributed by atoms with van der Waals surface area (Å²) in [4.78, 5) is 12.3. The predicted octanol–water partition coefficient (Wildman–Crippen LogP) is 4.92. The second kappa shape index (κ2) is 9.54. The van der Waals surface area contributed by atoms with E-state index in [9.17, 15) is 4.79 Å². The number of nitrogens with zero attached hydrogens (tertiary/aromatic N) is 4. The van der Waals surface area contributed by atoms with Crippen LogP contribution in [0.1, 0.15) is 30.9 Å². The summed E-state index contributed by atoms with van der Waals surface area (Å²) in [7, 11) is 0. The summed E-state index contributed by atoms with van der Waals surface area (Å²) in [6.07, 6.45) is 1.78. The number of thiophene rings is 1. The summed E-state index contributed by atoms with van der Waals surface area (Å²) in [5.74, 6) is 1.19. The molecular weight excluding hydrogens is 402 g/mol. The van der Waals surface area contributed by atoms with E-state index in [-0.39, 0.29) is 11.7 Å². The van der Waals surface area contributed by atoms with E-state index in [1.807, 2.05) is 16.7 Å². The third kappa shape index (κ3) is 4.94. The number of carbonyl (C=O) groups excluding carboxylic acids is 1. The number of rotatable bonds is 8. The van der Waals surface area contributed by atoms with Crippen molar-refractivity contribution in [3.05, 3.63) is 59.5 Å². The maximum atomic E-state index is 12.3. The Labute approximate surface area is 178 Å². The average Bonchev–Trinajstić information content (AvgIpc) is 3.33. The molecule has 1 aromatic carbocycles. The van der Waals surface area contributed by atoms with E-state index in [4.69, 9.17) is 5.26 Å². The quantitative estimate of drug-likeness (QED) is 0.411. The van der Waals surface area contributed by atoms with Crippen LogP contribution in [-0.2, 0) is 11.3 Å². The van der Waals surface area contributed by atoms with Crippen LogP contribution in [0.3, 0.4) is 0 Å². The molecule has 0 fully saturated rings.